The molecule has 1 saturated heterocycles. The smallest absolute Gasteiger partial charge is 0.303 e. The van der Waals surface area contributed by atoms with Crippen LogP contribution in [0.3, 0.4) is 0 Å². The molecule has 0 spiro atoms. The first-order valence-electron chi connectivity index (χ1n) is 11.1. The maximum atomic E-state index is 12.6. The fraction of sp³-hybridized carbons (Fsp3) is 0.565. The number of carboxylic acid groups (broad SMARTS) is 1. The van der Waals surface area contributed by atoms with Crippen LogP contribution in [0.4, 0.5) is 5.13 Å². The van der Waals surface area contributed by atoms with Crippen LogP contribution in [0.1, 0.15) is 71.8 Å². The highest BCUT2D eigenvalue weighted by Gasteiger charge is 2.24. The Bertz CT molecular complexity index is 884. The first-order chi connectivity index (χ1) is 15.1. The Balaban J connectivity index is 1.26. The Hall–Kier alpha value is -2.32. The lowest BCUT2D eigenvalue weighted by Gasteiger charge is -2.28. The van der Waals surface area contributed by atoms with Crippen molar-refractivity contribution >= 4 is 28.3 Å². The van der Waals surface area contributed by atoms with Gasteiger partial charge in [-0.05, 0) is 74.0 Å². The average molecular weight is 444 g/mol. The number of nitrogens with zero attached hydrogens (tertiary/aromatic N) is 2. The van der Waals surface area contributed by atoms with Gasteiger partial charge in [0.25, 0.3) is 5.91 Å². The summed E-state index contributed by atoms with van der Waals surface area (Å²) in [5.74, 6) is 0.460. The number of aliphatic carboxylic acids is 1. The second-order valence-corrected chi connectivity index (χ2v) is 9.72. The monoisotopic (exact) mass is 443 g/mol. The van der Waals surface area contributed by atoms with E-state index in [0.717, 1.165) is 63.2 Å². The van der Waals surface area contributed by atoms with E-state index in [0.29, 0.717) is 28.4 Å². The van der Waals surface area contributed by atoms with Gasteiger partial charge in [0.15, 0.2) is 0 Å². The maximum Gasteiger partial charge on any atom is 0.303 e. The molecule has 2 N–H and O–H groups in total. The van der Waals surface area contributed by atoms with Gasteiger partial charge in [-0.15, -0.1) is 10.2 Å². The third-order valence-corrected chi connectivity index (χ3v) is 7.33. The van der Waals surface area contributed by atoms with Crippen LogP contribution < -0.4 is 5.32 Å². The van der Waals surface area contributed by atoms with Gasteiger partial charge in [0.1, 0.15) is 5.01 Å². The highest BCUT2D eigenvalue weighted by atomic mass is 32.1. The number of carboxylic acids is 1. The van der Waals surface area contributed by atoms with Gasteiger partial charge < -0.3 is 9.84 Å². The summed E-state index contributed by atoms with van der Waals surface area (Å²) in [5.41, 5.74) is 1.82. The number of ether oxygens (including phenoxy) is 1. The Labute approximate surface area is 186 Å². The van der Waals surface area contributed by atoms with Crippen LogP contribution in [0, 0.1) is 11.8 Å². The molecule has 2 heterocycles. The van der Waals surface area contributed by atoms with Crippen LogP contribution in [-0.4, -0.2) is 40.4 Å². The zero-order valence-electron chi connectivity index (χ0n) is 17.6. The van der Waals surface area contributed by atoms with Gasteiger partial charge in [0, 0.05) is 31.6 Å². The average Bonchev–Trinajstić information content (AvgIpc) is 3.44. The second-order valence-electron chi connectivity index (χ2n) is 8.66. The molecule has 1 aromatic heterocycles. The molecule has 1 atom stereocenters. The molecular formula is C23H29N3O4S. The van der Waals surface area contributed by atoms with Crippen molar-refractivity contribution in [2.45, 2.75) is 57.3 Å². The van der Waals surface area contributed by atoms with Gasteiger partial charge in [-0.25, -0.2) is 0 Å². The molecule has 1 saturated carbocycles. The largest absolute Gasteiger partial charge is 0.481 e. The SMILES string of the molecule is O=C(O)C[C@H]1CC[C@H](c2ccc(C(=O)Nc3nnc(CCC4CCOC4)s3)cc2)CC1. The predicted octanol–water partition coefficient (Wildman–Crippen LogP) is 4.51. The van der Waals surface area contributed by atoms with E-state index in [9.17, 15) is 9.59 Å². The number of anilines is 1. The van der Waals surface area contributed by atoms with Crippen LogP contribution in [-0.2, 0) is 16.0 Å². The van der Waals surface area contributed by atoms with E-state index in [2.05, 4.69) is 15.5 Å². The van der Waals surface area contributed by atoms with Gasteiger partial charge in [0.05, 0.1) is 0 Å². The molecule has 1 amide bonds. The summed E-state index contributed by atoms with van der Waals surface area (Å²) in [7, 11) is 0. The van der Waals surface area contributed by atoms with Gasteiger partial charge in [-0.2, -0.15) is 0 Å². The minimum Gasteiger partial charge on any atom is -0.481 e. The van der Waals surface area contributed by atoms with Crippen molar-refractivity contribution in [3.63, 3.8) is 0 Å². The number of aromatic nitrogens is 2. The van der Waals surface area contributed by atoms with Crippen LogP contribution in [0.15, 0.2) is 24.3 Å². The molecule has 0 bridgehead atoms. The Morgan fingerprint density at radius 1 is 1.06 bits per heavy atom. The van der Waals surface area contributed by atoms with E-state index in [-0.39, 0.29) is 12.3 Å². The van der Waals surface area contributed by atoms with E-state index >= 15 is 0 Å². The number of aryl methyl sites for hydroxylation is 1. The summed E-state index contributed by atoms with van der Waals surface area (Å²) in [4.78, 5) is 23.5. The Kier molecular flexibility index (Phi) is 7.29. The number of amides is 1. The molecule has 2 aromatic rings. The van der Waals surface area contributed by atoms with E-state index in [1.807, 2.05) is 24.3 Å². The lowest BCUT2D eigenvalue weighted by molar-refractivity contribution is -0.138. The summed E-state index contributed by atoms with van der Waals surface area (Å²) < 4.78 is 5.41. The van der Waals surface area contributed by atoms with Gasteiger partial charge in [-0.3, -0.25) is 14.9 Å². The molecule has 2 aliphatic rings. The van der Waals surface area contributed by atoms with Crippen LogP contribution in [0.25, 0.3) is 0 Å². The van der Waals surface area contributed by atoms with Gasteiger partial charge in [0.2, 0.25) is 5.13 Å². The quantitative estimate of drug-likeness (QED) is 0.623. The minimum atomic E-state index is -0.704. The summed E-state index contributed by atoms with van der Waals surface area (Å²) >= 11 is 1.43. The minimum absolute atomic E-state index is 0.177. The molecule has 166 valence electrons. The molecular weight excluding hydrogens is 414 g/mol. The van der Waals surface area contributed by atoms with Crippen molar-refractivity contribution in [1.29, 1.82) is 0 Å². The highest BCUT2D eigenvalue weighted by molar-refractivity contribution is 7.15. The van der Waals surface area contributed by atoms with Crippen molar-refractivity contribution in [2.24, 2.45) is 11.8 Å². The molecule has 4 rings (SSSR count). The zero-order chi connectivity index (χ0) is 21.6. The lowest BCUT2D eigenvalue weighted by Crippen LogP contribution is -2.16. The summed E-state index contributed by atoms with van der Waals surface area (Å²) in [6.07, 6.45) is 7.20. The second kappa shape index (κ2) is 10.3. The standard InChI is InChI=1S/C23H29N3O4S/c27-21(28)13-15-1-4-17(5-2-15)18-6-8-19(9-7-18)22(29)24-23-26-25-20(31-23)10-3-16-11-12-30-14-16/h6-9,15-17H,1-5,10-14H2,(H,27,28)(H,24,26,29)/t15-,16?,17-. The van der Waals surface area contributed by atoms with Crippen molar-refractivity contribution in [3.05, 3.63) is 40.4 Å². The maximum absolute atomic E-state index is 12.6. The van der Waals surface area contributed by atoms with Crippen LogP contribution in [0.2, 0.25) is 0 Å². The van der Waals surface area contributed by atoms with Gasteiger partial charge >= 0.3 is 5.97 Å². The zero-order valence-corrected chi connectivity index (χ0v) is 18.4. The fourth-order valence-electron chi connectivity index (χ4n) is 4.57. The highest BCUT2D eigenvalue weighted by Crippen LogP contribution is 2.37. The summed E-state index contributed by atoms with van der Waals surface area (Å²) in [6.45, 7) is 1.69. The molecule has 2 fully saturated rings. The molecule has 1 aliphatic carbocycles. The molecule has 7 nitrogen and oxygen atoms in total. The number of carbonyl (C=O) groups excluding carboxylic acids is 1. The Morgan fingerprint density at radius 2 is 1.84 bits per heavy atom. The number of rotatable bonds is 8. The normalized spacial score (nSPS) is 23.5. The topological polar surface area (TPSA) is 101 Å². The van der Waals surface area contributed by atoms with E-state index in [4.69, 9.17) is 9.84 Å². The van der Waals surface area contributed by atoms with Crippen molar-refractivity contribution in [1.82, 2.24) is 10.2 Å². The van der Waals surface area contributed by atoms with Gasteiger partial charge in [-0.1, -0.05) is 23.5 Å². The molecule has 0 radical (unpaired) electrons. The van der Waals surface area contributed by atoms with Crippen molar-refractivity contribution < 1.29 is 19.4 Å². The van der Waals surface area contributed by atoms with E-state index < -0.39 is 5.97 Å². The number of hydrogen-bond acceptors (Lipinski definition) is 6. The summed E-state index contributed by atoms with van der Waals surface area (Å²) in [5, 5.41) is 21.6. The van der Waals surface area contributed by atoms with Crippen molar-refractivity contribution in [3.8, 4) is 0 Å². The fourth-order valence-corrected chi connectivity index (χ4v) is 5.32. The molecule has 1 unspecified atom stereocenters. The van der Waals surface area contributed by atoms with Crippen LogP contribution >= 0.6 is 11.3 Å². The van der Waals surface area contributed by atoms with Crippen molar-refractivity contribution in [2.75, 3.05) is 18.5 Å². The molecule has 8 heteroatoms. The first-order valence-corrected chi connectivity index (χ1v) is 11.9. The molecule has 31 heavy (non-hydrogen) atoms. The van der Waals surface area contributed by atoms with E-state index in [1.165, 1.54) is 16.9 Å². The first kappa shape index (κ1) is 21.9. The summed E-state index contributed by atoms with van der Waals surface area (Å²) in [6, 6.07) is 7.75. The third-order valence-electron chi connectivity index (χ3n) is 6.43. The lowest BCUT2D eigenvalue weighted by atomic mass is 9.77. The number of hydrogen-bond donors (Lipinski definition) is 2. The number of benzene rings is 1. The molecule has 1 aliphatic heterocycles. The molecule has 1 aromatic carbocycles. The number of nitrogens with one attached hydrogen (secondary N) is 1. The van der Waals surface area contributed by atoms with Crippen LogP contribution in [0.5, 0.6) is 0 Å². The predicted molar refractivity (Wildman–Crippen MR) is 119 cm³/mol. The Morgan fingerprint density at radius 3 is 2.52 bits per heavy atom. The van der Waals surface area contributed by atoms with E-state index in [1.54, 1.807) is 0 Å². The third kappa shape index (κ3) is 6.11. The number of carbonyl (C=O) groups is 2.